The number of halogens is 1. The second-order valence-corrected chi connectivity index (χ2v) is 8.71. The Morgan fingerprint density at radius 1 is 0.840 bits per heavy atom. The quantitative estimate of drug-likeness (QED) is 0.537. The van der Waals surface area contributed by atoms with E-state index in [-0.39, 0.29) is 20.7 Å². The average Bonchev–Trinajstić information content (AvgIpc) is 2.59. The van der Waals surface area contributed by atoms with E-state index in [1.165, 1.54) is 37.3 Å². The Morgan fingerprint density at radius 2 is 1.40 bits per heavy atom. The number of hydrogen-bond acceptors (Lipinski definition) is 2. The van der Waals surface area contributed by atoms with Crippen molar-refractivity contribution in [3.63, 3.8) is 0 Å². The molecule has 1 aliphatic heterocycles. The number of rotatable bonds is 3. The lowest BCUT2D eigenvalue weighted by Crippen LogP contribution is -2.24. The first-order valence-corrected chi connectivity index (χ1v) is 10.6. The van der Waals surface area contributed by atoms with Crippen LogP contribution in [0.4, 0.5) is 11.4 Å². The Morgan fingerprint density at radius 3 is 1.80 bits per heavy atom. The molecular formula is C22H21IN2. The van der Waals surface area contributed by atoms with E-state index in [0.29, 0.717) is 0 Å². The molecule has 0 fully saturated rings. The fourth-order valence-electron chi connectivity index (χ4n) is 3.00. The van der Waals surface area contributed by atoms with Crippen LogP contribution in [-0.2, 0) is 0 Å². The average molecular weight is 440 g/mol. The Hall–Kier alpha value is -2.19. The van der Waals surface area contributed by atoms with Gasteiger partial charge in [-0.15, -0.1) is 0 Å². The molecule has 0 unspecified atom stereocenters. The van der Waals surface area contributed by atoms with Gasteiger partial charge in [-0.25, -0.2) is 0 Å². The first kappa shape index (κ1) is 17.6. The minimum Gasteiger partial charge on any atom is -0.305 e. The van der Waals surface area contributed by atoms with Crippen LogP contribution in [0.25, 0.3) is 0 Å². The maximum atomic E-state index is 9.12. The van der Waals surface area contributed by atoms with E-state index in [2.05, 4.69) is 85.2 Å². The summed E-state index contributed by atoms with van der Waals surface area (Å²) in [4.78, 5) is 2.37. The van der Waals surface area contributed by atoms with E-state index >= 15 is 0 Å². The molecule has 0 atom stereocenters. The Labute approximate surface area is 159 Å². The molecule has 2 aromatic carbocycles. The molecule has 0 N–H and O–H groups in total. The third-order valence-electron chi connectivity index (χ3n) is 4.21. The third kappa shape index (κ3) is 3.74. The van der Waals surface area contributed by atoms with Crippen molar-refractivity contribution in [2.45, 2.75) is 27.7 Å². The van der Waals surface area contributed by atoms with Gasteiger partial charge in [0.1, 0.15) is 0 Å². The van der Waals surface area contributed by atoms with E-state index in [1.807, 2.05) is 6.08 Å². The summed E-state index contributed by atoms with van der Waals surface area (Å²) in [5.41, 5.74) is 8.27. The van der Waals surface area contributed by atoms with Gasteiger partial charge in [0, 0.05) is 11.4 Å². The molecule has 0 saturated carbocycles. The van der Waals surface area contributed by atoms with Crippen molar-refractivity contribution in [2.75, 3.05) is 4.90 Å². The molecule has 3 rings (SSSR count). The number of nitriles is 1. The number of benzene rings is 2. The van der Waals surface area contributed by atoms with E-state index in [9.17, 15) is 0 Å². The fourth-order valence-corrected chi connectivity index (χ4v) is 5.19. The van der Waals surface area contributed by atoms with Gasteiger partial charge in [-0.05, 0) is 67.2 Å². The molecule has 1 aliphatic rings. The van der Waals surface area contributed by atoms with Crippen molar-refractivity contribution < 1.29 is 0 Å². The van der Waals surface area contributed by atoms with Gasteiger partial charge in [-0.1, -0.05) is 56.1 Å². The van der Waals surface area contributed by atoms with Gasteiger partial charge in [0.15, 0.2) is 0 Å². The molecule has 126 valence electrons. The number of nitrogens with zero attached hydrogens (tertiary/aromatic N) is 2. The molecule has 3 heteroatoms. The lowest BCUT2D eigenvalue weighted by molar-refractivity contribution is 1.26. The largest absolute Gasteiger partial charge is 0.305 e. The minimum atomic E-state index is -0.360. The molecule has 2 nitrogen and oxygen atoms in total. The van der Waals surface area contributed by atoms with Crippen molar-refractivity contribution in [1.29, 1.82) is 5.26 Å². The minimum absolute atomic E-state index is 0.360. The van der Waals surface area contributed by atoms with Crippen LogP contribution in [0.1, 0.15) is 22.3 Å². The van der Waals surface area contributed by atoms with Crippen LogP contribution in [-0.4, -0.2) is 3.63 Å². The van der Waals surface area contributed by atoms with E-state index in [4.69, 9.17) is 5.26 Å². The summed E-state index contributed by atoms with van der Waals surface area (Å²) in [5.74, 6) is 0. The van der Waals surface area contributed by atoms with Crippen molar-refractivity contribution >= 4 is 35.7 Å². The number of anilines is 2. The van der Waals surface area contributed by atoms with Gasteiger partial charge < -0.3 is 4.90 Å². The molecule has 2 aromatic rings. The first-order valence-electron chi connectivity index (χ1n) is 8.23. The lowest BCUT2D eigenvalue weighted by Gasteiger charge is -2.29. The topological polar surface area (TPSA) is 27.0 Å². The number of allylic oxidation sites excluding steroid dienone is 2. The summed E-state index contributed by atoms with van der Waals surface area (Å²) in [6, 6.07) is 15.5. The SMILES string of the molecule is Cc1ccc(N(C2=IC=C(C#N)C=C2)c2ccc(C)cc2C)c(C)c1. The highest BCUT2D eigenvalue weighted by molar-refractivity contribution is 14.2. The zero-order valence-electron chi connectivity index (χ0n) is 15.0. The lowest BCUT2D eigenvalue weighted by atomic mass is 10.1. The zero-order chi connectivity index (χ0) is 18.0. The van der Waals surface area contributed by atoms with Crippen molar-refractivity contribution in [3.8, 4) is 6.07 Å². The van der Waals surface area contributed by atoms with Crippen LogP contribution in [0, 0.1) is 39.0 Å². The summed E-state index contributed by atoms with van der Waals surface area (Å²) >= 11 is -0.360. The smallest absolute Gasteiger partial charge is 0.0996 e. The van der Waals surface area contributed by atoms with Crippen LogP contribution in [0.15, 0.2) is 58.2 Å². The molecule has 0 aromatic heterocycles. The molecule has 0 bridgehead atoms. The summed E-state index contributed by atoms with van der Waals surface area (Å²) in [7, 11) is 0. The van der Waals surface area contributed by atoms with Gasteiger partial charge in [-0.3, -0.25) is 0 Å². The Bertz CT molecular complexity index is 907. The standard InChI is InChI=1S/C22H21IN2/c1-15-5-8-20(17(3)11-15)25(21-9-6-16(2)12-18(21)4)22-10-7-19(14-24)13-23-22/h5-13H,1-4H3. The molecular weight excluding hydrogens is 419 g/mol. The molecule has 0 amide bonds. The van der Waals surface area contributed by atoms with Crippen LogP contribution in [0.5, 0.6) is 0 Å². The monoisotopic (exact) mass is 440 g/mol. The van der Waals surface area contributed by atoms with Crippen LogP contribution in [0.3, 0.4) is 0 Å². The van der Waals surface area contributed by atoms with Crippen LogP contribution >= 0.6 is 20.7 Å². The predicted molar refractivity (Wildman–Crippen MR) is 116 cm³/mol. The molecule has 25 heavy (non-hydrogen) atoms. The van der Waals surface area contributed by atoms with E-state index < -0.39 is 0 Å². The van der Waals surface area contributed by atoms with Crippen LogP contribution < -0.4 is 4.90 Å². The van der Waals surface area contributed by atoms with Gasteiger partial charge >= 0.3 is 0 Å². The summed E-state index contributed by atoms with van der Waals surface area (Å²) in [6.07, 6.45) is 4.04. The molecule has 0 aliphatic carbocycles. The van der Waals surface area contributed by atoms with Gasteiger partial charge in [0.05, 0.1) is 15.3 Å². The molecule has 0 radical (unpaired) electrons. The summed E-state index contributed by atoms with van der Waals surface area (Å²) in [5, 5.41) is 9.12. The highest BCUT2D eigenvalue weighted by atomic mass is 127. The predicted octanol–water partition coefficient (Wildman–Crippen LogP) is 6.14. The molecule has 1 heterocycles. The third-order valence-corrected chi connectivity index (χ3v) is 6.68. The first-order chi connectivity index (χ1) is 12.0. The second-order valence-electron chi connectivity index (χ2n) is 6.36. The zero-order valence-corrected chi connectivity index (χ0v) is 17.1. The van der Waals surface area contributed by atoms with Gasteiger partial charge in [0.25, 0.3) is 0 Å². The van der Waals surface area contributed by atoms with Crippen molar-refractivity contribution in [3.05, 3.63) is 80.5 Å². The van der Waals surface area contributed by atoms with Gasteiger partial charge in [-0.2, -0.15) is 5.26 Å². The summed E-state index contributed by atoms with van der Waals surface area (Å²) in [6.45, 7) is 8.59. The van der Waals surface area contributed by atoms with E-state index in [1.54, 1.807) is 0 Å². The van der Waals surface area contributed by atoms with E-state index in [0.717, 1.165) is 5.57 Å². The number of aryl methyl sites for hydroxylation is 4. The molecule has 0 spiro atoms. The maximum Gasteiger partial charge on any atom is 0.0996 e. The second kappa shape index (κ2) is 7.37. The van der Waals surface area contributed by atoms with Gasteiger partial charge in [0.2, 0.25) is 0 Å². The Kier molecular flexibility index (Phi) is 5.19. The Balaban J connectivity index is 2.19. The summed E-state index contributed by atoms with van der Waals surface area (Å²) < 4.78 is 3.39. The highest BCUT2D eigenvalue weighted by Crippen LogP contribution is 2.35. The normalized spacial score (nSPS) is 13.4. The molecule has 0 saturated heterocycles. The van der Waals surface area contributed by atoms with Crippen molar-refractivity contribution in [2.24, 2.45) is 0 Å². The van der Waals surface area contributed by atoms with Crippen molar-refractivity contribution in [1.82, 2.24) is 0 Å². The number of hydrogen-bond donors (Lipinski definition) is 0. The highest BCUT2D eigenvalue weighted by Gasteiger charge is 2.18. The fraction of sp³-hybridized carbons (Fsp3) is 0.182. The van der Waals surface area contributed by atoms with Crippen LogP contribution in [0.2, 0.25) is 0 Å². The maximum absolute atomic E-state index is 9.12.